The van der Waals surface area contributed by atoms with E-state index in [1.165, 1.54) is 19.2 Å². The quantitative estimate of drug-likeness (QED) is 0.857. The Morgan fingerprint density at radius 2 is 2.00 bits per heavy atom. The Bertz CT molecular complexity index is 450. The average molecular weight is 283 g/mol. The van der Waals surface area contributed by atoms with Crippen molar-refractivity contribution in [2.75, 3.05) is 7.11 Å². The smallest absolute Gasteiger partial charge is 0.163 e. The third-order valence-electron chi connectivity index (χ3n) is 2.10. The van der Waals surface area contributed by atoms with Gasteiger partial charge in [0.1, 0.15) is 11.9 Å². The first-order valence-corrected chi connectivity index (χ1v) is 5.20. The van der Waals surface area contributed by atoms with Crippen LogP contribution in [-0.2, 0) is 4.74 Å². The van der Waals surface area contributed by atoms with E-state index >= 15 is 0 Å². The molecule has 0 saturated heterocycles. The van der Waals surface area contributed by atoms with Crippen LogP contribution in [0.1, 0.15) is 11.7 Å². The molecule has 0 aromatic heterocycles. The van der Waals surface area contributed by atoms with E-state index in [1.807, 2.05) is 0 Å². The first kappa shape index (κ1) is 12.6. The fraction of sp³-hybridized carbons (Fsp3) is 0.273. The molecule has 1 rings (SSSR count). The van der Waals surface area contributed by atoms with Gasteiger partial charge in [-0.05, 0) is 12.1 Å². The van der Waals surface area contributed by atoms with E-state index in [9.17, 15) is 4.39 Å². The van der Waals surface area contributed by atoms with Crippen LogP contribution in [0.4, 0.5) is 4.39 Å². The fourth-order valence-electron chi connectivity index (χ4n) is 1.34. The highest BCUT2D eigenvalue weighted by atomic mass is 79.9. The van der Waals surface area contributed by atoms with Crippen LogP contribution in [0.2, 0.25) is 0 Å². The van der Waals surface area contributed by atoms with E-state index < -0.39 is 17.8 Å². The summed E-state index contributed by atoms with van der Waals surface area (Å²) in [6.07, 6.45) is -0.872. The number of ether oxygens (including phenoxy) is 1. The molecule has 0 radical (unpaired) electrons. The van der Waals surface area contributed by atoms with Crippen LogP contribution in [0.3, 0.4) is 0 Å². The second kappa shape index (κ2) is 5.60. The van der Waals surface area contributed by atoms with Gasteiger partial charge in [-0.3, -0.25) is 0 Å². The largest absolute Gasteiger partial charge is 0.374 e. The van der Waals surface area contributed by atoms with Gasteiger partial charge >= 0.3 is 0 Å². The Morgan fingerprint density at radius 3 is 2.44 bits per heavy atom. The normalized spacial score (nSPS) is 11.9. The molecule has 0 spiro atoms. The molecular weight excluding hydrogens is 275 g/mol. The Labute approximate surface area is 101 Å². The first-order valence-electron chi connectivity index (χ1n) is 4.41. The molecule has 1 atom stereocenters. The highest BCUT2D eigenvalue weighted by Gasteiger charge is 2.25. The highest BCUT2D eigenvalue weighted by molar-refractivity contribution is 9.10. The number of methoxy groups -OCH3 is 1. The van der Waals surface area contributed by atoms with Crippen molar-refractivity contribution in [3.8, 4) is 12.1 Å². The third-order valence-corrected chi connectivity index (χ3v) is 2.60. The molecule has 0 fully saturated rings. The highest BCUT2D eigenvalue weighted by Crippen LogP contribution is 2.28. The SMILES string of the molecule is COC(c1ccc(Br)cc1F)C(C#N)C#N. The summed E-state index contributed by atoms with van der Waals surface area (Å²) in [6.45, 7) is 0. The van der Waals surface area contributed by atoms with E-state index in [0.29, 0.717) is 4.47 Å². The molecular formula is C11H8BrFN2O. The standard InChI is InChI=1S/C11H8BrFN2O/c1-16-11(7(5-14)6-15)9-3-2-8(12)4-10(9)13/h2-4,7,11H,1H3. The van der Waals surface area contributed by atoms with E-state index in [0.717, 1.165) is 0 Å². The predicted molar refractivity (Wildman–Crippen MR) is 58.6 cm³/mol. The van der Waals surface area contributed by atoms with E-state index in [1.54, 1.807) is 18.2 Å². The molecule has 0 N–H and O–H groups in total. The number of hydrogen-bond acceptors (Lipinski definition) is 3. The number of halogens is 2. The molecule has 16 heavy (non-hydrogen) atoms. The topological polar surface area (TPSA) is 56.8 Å². The zero-order valence-electron chi connectivity index (χ0n) is 8.45. The summed E-state index contributed by atoms with van der Waals surface area (Å²) < 4.78 is 19.2. The van der Waals surface area contributed by atoms with Crippen LogP contribution in [-0.4, -0.2) is 7.11 Å². The van der Waals surface area contributed by atoms with Gasteiger partial charge in [0.15, 0.2) is 5.92 Å². The Balaban J connectivity index is 3.15. The van der Waals surface area contributed by atoms with Crippen LogP contribution in [0.5, 0.6) is 0 Å². The molecule has 5 heteroatoms. The number of nitrogens with zero attached hydrogens (tertiary/aromatic N) is 2. The van der Waals surface area contributed by atoms with Crippen LogP contribution >= 0.6 is 15.9 Å². The lowest BCUT2D eigenvalue weighted by molar-refractivity contribution is 0.0836. The Kier molecular flexibility index (Phi) is 4.42. The summed E-state index contributed by atoms with van der Waals surface area (Å²) in [5.41, 5.74) is 0.207. The van der Waals surface area contributed by atoms with Crippen molar-refractivity contribution in [1.82, 2.24) is 0 Å². The lowest BCUT2D eigenvalue weighted by atomic mass is 9.97. The Hall–Kier alpha value is -1.43. The molecule has 0 aliphatic heterocycles. The van der Waals surface area contributed by atoms with Crippen molar-refractivity contribution in [1.29, 1.82) is 10.5 Å². The van der Waals surface area contributed by atoms with Gasteiger partial charge in [0.25, 0.3) is 0 Å². The molecule has 82 valence electrons. The minimum Gasteiger partial charge on any atom is -0.374 e. The van der Waals surface area contributed by atoms with Crippen molar-refractivity contribution in [2.24, 2.45) is 5.92 Å². The molecule has 0 saturated carbocycles. The van der Waals surface area contributed by atoms with Crippen molar-refractivity contribution in [2.45, 2.75) is 6.10 Å². The molecule has 1 unspecified atom stereocenters. The average Bonchev–Trinajstić information content (AvgIpc) is 2.27. The molecule has 0 aliphatic carbocycles. The van der Waals surface area contributed by atoms with Crippen molar-refractivity contribution < 1.29 is 9.13 Å². The van der Waals surface area contributed by atoms with Crippen molar-refractivity contribution in [3.05, 3.63) is 34.1 Å². The van der Waals surface area contributed by atoms with Gasteiger partial charge in [0.05, 0.1) is 12.1 Å². The van der Waals surface area contributed by atoms with Crippen LogP contribution in [0.25, 0.3) is 0 Å². The van der Waals surface area contributed by atoms with E-state index in [2.05, 4.69) is 15.9 Å². The molecule has 1 aromatic carbocycles. The summed E-state index contributed by atoms with van der Waals surface area (Å²) in [4.78, 5) is 0. The van der Waals surface area contributed by atoms with Gasteiger partial charge in [-0.2, -0.15) is 10.5 Å². The van der Waals surface area contributed by atoms with Gasteiger partial charge in [-0.15, -0.1) is 0 Å². The van der Waals surface area contributed by atoms with Crippen LogP contribution < -0.4 is 0 Å². The number of nitriles is 2. The second-order valence-corrected chi connectivity index (χ2v) is 3.97. The lowest BCUT2D eigenvalue weighted by Crippen LogP contribution is -2.13. The minimum absolute atomic E-state index is 0.207. The molecule has 0 bridgehead atoms. The van der Waals surface area contributed by atoms with Gasteiger partial charge in [-0.1, -0.05) is 22.0 Å². The maximum atomic E-state index is 13.6. The monoisotopic (exact) mass is 282 g/mol. The number of hydrogen-bond donors (Lipinski definition) is 0. The zero-order chi connectivity index (χ0) is 12.1. The number of rotatable bonds is 3. The van der Waals surface area contributed by atoms with Crippen molar-refractivity contribution in [3.63, 3.8) is 0 Å². The van der Waals surface area contributed by atoms with E-state index in [-0.39, 0.29) is 5.56 Å². The van der Waals surface area contributed by atoms with Gasteiger partial charge in [-0.25, -0.2) is 4.39 Å². The summed E-state index contributed by atoms with van der Waals surface area (Å²) in [5, 5.41) is 17.5. The second-order valence-electron chi connectivity index (χ2n) is 3.06. The van der Waals surface area contributed by atoms with Crippen molar-refractivity contribution >= 4 is 15.9 Å². The summed E-state index contributed by atoms with van der Waals surface area (Å²) in [6, 6.07) is 7.96. The first-order chi connectivity index (χ1) is 7.63. The van der Waals surface area contributed by atoms with E-state index in [4.69, 9.17) is 15.3 Å². The molecule has 0 heterocycles. The van der Waals surface area contributed by atoms with Crippen LogP contribution in [0, 0.1) is 34.4 Å². The number of benzene rings is 1. The molecule has 3 nitrogen and oxygen atoms in total. The van der Waals surface area contributed by atoms with Gasteiger partial charge in [0, 0.05) is 17.1 Å². The zero-order valence-corrected chi connectivity index (χ0v) is 10.0. The molecule has 1 aromatic rings. The minimum atomic E-state index is -1.03. The summed E-state index contributed by atoms with van der Waals surface area (Å²) >= 11 is 3.13. The predicted octanol–water partition coefficient (Wildman–Crippen LogP) is 2.94. The van der Waals surface area contributed by atoms with Crippen LogP contribution in [0.15, 0.2) is 22.7 Å². The van der Waals surface area contributed by atoms with Gasteiger partial charge < -0.3 is 4.74 Å². The fourth-order valence-corrected chi connectivity index (χ4v) is 1.67. The molecule has 0 aliphatic rings. The summed E-state index contributed by atoms with van der Waals surface area (Å²) in [5.74, 6) is -1.53. The molecule has 0 amide bonds. The van der Waals surface area contributed by atoms with Gasteiger partial charge in [0.2, 0.25) is 0 Å². The Morgan fingerprint density at radius 1 is 1.38 bits per heavy atom. The third kappa shape index (κ3) is 2.57. The lowest BCUT2D eigenvalue weighted by Gasteiger charge is -2.16. The maximum absolute atomic E-state index is 13.6. The summed E-state index contributed by atoms with van der Waals surface area (Å²) in [7, 11) is 1.34. The maximum Gasteiger partial charge on any atom is 0.163 e.